The van der Waals surface area contributed by atoms with Crippen LogP contribution in [0.3, 0.4) is 0 Å². The van der Waals surface area contributed by atoms with Crippen molar-refractivity contribution in [2.75, 3.05) is 6.54 Å². The lowest BCUT2D eigenvalue weighted by molar-refractivity contribution is -0.135. The monoisotopic (exact) mass is 268 g/mol. The van der Waals surface area contributed by atoms with Crippen molar-refractivity contribution in [3.63, 3.8) is 0 Å². The van der Waals surface area contributed by atoms with Crippen LogP contribution < -0.4 is 10.6 Å². The number of carbonyl (C=O) groups is 1. The molecule has 3 nitrogen and oxygen atoms in total. The molecule has 0 saturated carbocycles. The van der Waals surface area contributed by atoms with Gasteiger partial charge >= 0.3 is 6.18 Å². The van der Waals surface area contributed by atoms with Gasteiger partial charge in [-0.15, -0.1) is 0 Å². The molecule has 0 aliphatic rings. The third-order valence-electron chi connectivity index (χ3n) is 2.81. The van der Waals surface area contributed by atoms with Crippen LogP contribution in [0.4, 0.5) is 13.2 Å². The second-order valence-electron chi connectivity index (χ2n) is 4.42. The van der Waals surface area contributed by atoms with E-state index in [0.717, 1.165) is 12.8 Å². The lowest BCUT2D eigenvalue weighted by Gasteiger charge is -2.19. The third kappa shape index (κ3) is 8.33. The zero-order valence-corrected chi connectivity index (χ0v) is 11.2. The molecule has 0 aliphatic heterocycles. The van der Waals surface area contributed by atoms with Crippen molar-refractivity contribution in [1.29, 1.82) is 0 Å². The highest BCUT2D eigenvalue weighted by Crippen LogP contribution is 2.20. The summed E-state index contributed by atoms with van der Waals surface area (Å²) in [7, 11) is 0. The van der Waals surface area contributed by atoms with E-state index in [1.165, 1.54) is 0 Å². The van der Waals surface area contributed by atoms with E-state index in [9.17, 15) is 18.0 Å². The highest BCUT2D eigenvalue weighted by atomic mass is 19.4. The maximum atomic E-state index is 11.9. The minimum absolute atomic E-state index is 0.00783. The van der Waals surface area contributed by atoms with Crippen LogP contribution in [0.5, 0.6) is 0 Å². The molecule has 0 fully saturated rings. The van der Waals surface area contributed by atoms with E-state index >= 15 is 0 Å². The highest BCUT2D eigenvalue weighted by Gasteiger charge is 2.26. The Morgan fingerprint density at radius 3 is 2.22 bits per heavy atom. The van der Waals surface area contributed by atoms with Crippen LogP contribution in [0.25, 0.3) is 0 Å². The molecule has 108 valence electrons. The van der Waals surface area contributed by atoms with Crippen LogP contribution in [-0.4, -0.2) is 30.7 Å². The first-order valence-corrected chi connectivity index (χ1v) is 6.40. The van der Waals surface area contributed by atoms with Crippen LogP contribution >= 0.6 is 0 Å². The highest BCUT2D eigenvalue weighted by molar-refractivity contribution is 5.81. The Morgan fingerprint density at radius 2 is 1.78 bits per heavy atom. The molecule has 0 aromatic heterocycles. The van der Waals surface area contributed by atoms with Gasteiger partial charge in [-0.2, -0.15) is 13.2 Å². The first kappa shape index (κ1) is 17.2. The van der Waals surface area contributed by atoms with Crippen molar-refractivity contribution in [1.82, 2.24) is 10.6 Å². The largest absolute Gasteiger partial charge is 0.389 e. The summed E-state index contributed by atoms with van der Waals surface area (Å²) in [6.45, 7) is 5.81. The molecule has 0 saturated heterocycles. The van der Waals surface area contributed by atoms with Crippen LogP contribution in [0.15, 0.2) is 0 Å². The predicted molar refractivity (Wildman–Crippen MR) is 65.3 cm³/mol. The zero-order chi connectivity index (χ0) is 14.2. The van der Waals surface area contributed by atoms with Crippen molar-refractivity contribution in [2.45, 2.75) is 64.7 Å². The Morgan fingerprint density at radius 1 is 1.22 bits per heavy atom. The quantitative estimate of drug-likeness (QED) is 0.664. The molecule has 18 heavy (non-hydrogen) atoms. The Balaban J connectivity index is 3.81. The van der Waals surface area contributed by atoms with E-state index in [1.807, 2.05) is 13.8 Å². The molecule has 0 aliphatic carbocycles. The SMILES string of the molecule is CCC(CC)NC(=O)C(C)NCCCC(F)(F)F. The number of nitrogens with one attached hydrogen (secondary N) is 2. The standard InChI is InChI=1S/C12H23F3N2O/c1-4-10(5-2)17-11(18)9(3)16-8-6-7-12(13,14)15/h9-10,16H,4-8H2,1-3H3,(H,17,18). The fraction of sp³-hybridized carbons (Fsp3) is 0.917. The zero-order valence-electron chi connectivity index (χ0n) is 11.2. The number of carbonyl (C=O) groups excluding carboxylic acids is 1. The van der Waals surface area contributed by atoms with Crippen LogP contribution in [0.1, 0.15) is 46.5 Å². The van der Waals surface area contributed by atoms with Crippen LogP contribution in [0.2, 0.25) is 0 Å². The first-order chi connectivity index (χ1) is 8.30. The summed E-state index contributed by atoms with van der Waals surface area (Å²) < 4.78 is 35.7. The van der Waals surface area contributed by atoms with E-state index < -0.39 is 18.6 Å². The summed E-state index contributed by atoms with van der Waals surface area (Å²) in [4.78, 5) is 11.7. The maximum Gasteiger partial charge on any atom is 0.389 e. The number of rotatable bonds is 8. The maximum absolute atomic E-state index is 11.9. The molecule has 0 bridgehead atoms. The summed E-state index contributed by atoms with van der Waals surface area (Å²) in [5.74, 6) is -0.157. The van der Waals surface area contributed by atoms with E-state index in [-0.39, 0.29) is 24.9 Å². The Hall–Kier alpha value is -0.780. The van der Waals surface area contributed by atoms with Crippen LogP contribution in [-0.2, 0) is 4.79 Å². The van der Waals surface area contributed by atoms with Crippen molar-refractivity contribution in [2.24, 2.45) is 0 Å². The van der Waals surface area contributed by atoms with Gasteiger partial charge in [0.05, 0.1) is 6.04 Å². The lowest BCUT2D eigenvalue weighted by atomic mass is 10.1. The number of hydrogen-bond acceptors (Lipinski definition) is 2. The number of hydrogen-bond donors (Lipinski definition) is 2. The summed E-state index contributed by atoms with van der Waals surface area (Å²) >= 11 is 0. The van der Waals surface area contributed by atoms with Gasteiger partial charge in [0.25, 0.3) is 0 Å². The summed E-state index contributed by atoms with van der Waals surface area (Å²) in [5.41, 5.74) is 0. The fourth-order valence-corrected chi connectivity index (χ4v) is 1.52. The predicted octanol–water partition coefficient (Wildman–Crippen LogP) is 2.61. The molecule has 1 atom stereocenters. The third-order valence-corrected chi connectivity index (χ3v) is 2.81. The molecule has 0 spiro atoms. The van der Waals surface area contributed by atoms with Crippen LogP contribution in [0, 0.1) is 0 Å². The molecule has 0 aromatic carbocycles. The molecule has 1 unspecified atom stereocenters. The van der Waals surface area contributed by atoms with Gasteiger partial charge < -0.3 is 10.6 Å². The normalized spacial score (nSPS) is 13.7. The Bertz CT molecular complexity index is 240. The molecule has 0 rings (SSSR count). The van der Waals surface area contributed by atoms with Crippen molar-refractivity contribution in [3.8, 4) is 0 Å². The molecular weight excluding hydrogens is 245 g/mol. The van der Waals surface area contributed by atoms with Gasteiger partial charge in [-0.3, -0.25) is 4.79 Å². The minimum Gasteiger partial charge on any atom is -0.352 e. The minimum atomic E-state index is -4.12. The van der Waals surface area contributed by atoms with Gasteiger partial charge in [0.15, 0.2) is 0 Å². The van der Waals surface area contributed by atoms with Gasteiger partial charge in [-0.1, -0.05) is 13.8 Å². The van der Waals surface area contributed by atoms with Crippen molar-refractivity contribution < 1.29 is 18.0 Å². The van der Waals surface area contributed by atoms with E-state index in [1.54, 1.807) is 6.92 Å². The van der Waals surface area contributed by atoms with Crippen molar-refractivity contribution in [3.05, 3.63) is 0 Å². The second kappa shape index (κ2) is 8.34. The van der Waals surface area contributed by atoms with Crippen molar-refractivity contribution >= 4 is 5.91 Å². The topological polar surface area (TPSA) is 41.1 Å². The van der Waals surface area contributed by atoms with Gasteiger partial charge in [-0.25, -0.2) is 0 Å². The van der Waals surface area contributed by atoms with Gasteiger partial charge in [0, 0.05) is 12.5 Å². The average molecular weight is 268 g/mol. The number of halogens is 3. The Kier molecular flexibility index (Phi) is 7.98. The molecular formula is C12H23F3N2O. The van der Waals surface area contributed by atoms with E-state index in [0.29, 0.717) is 0 Å². The molecule has 6 heteroatoms. The number of alkyl halides is 3. The average Bonchev–Trinajstić information content (AvgIpc) is 2.29. The van der Waals surface area contributed by atoms with E-state index in [2.05, 4.69) is 10.6 Å². The summed E-state index contributed by atoms with van der Waals surface area (Å²) in [6.07, 6.45) is -3.25. The van der Waals surface area contributed by atoms with Gasteiger partial charge in [0.2, 0.25) is 5.91 Å². The fourth-order valence-electron chi connectivity index (χ4n) is 1.52. The molecule has 2 N–H and O–H groups in total. The molecule has 1 amide bonds. The van der Waals surface area contributed by atoms with Gasteiger partial charge in [0.1, 0.15) is 0 Å². The number of amides is 1. The second-order valence-corrected chi connectivity index (χ2v) is 4.42. The molecule has 0 heterocycles. The summed E-state index contributed by atoms with van der Waals surface area (Å²) in [6, 6.07) is -0.323. The lowest BCUT2D eigenvalue weighted by Crippen LogP contribution is -2.46. The Labute approximate surface area is 107 Å². The van der Waals surface area contributed by atoms with Gasteiger partial charge in [-0.05, 0) is 32.7 Å². The molecule has 0 aromatic rings. The molecule has 0 radical (unpaired) electrons. The first-order valence-electron chi connectivity index (χ1n) is 6.40. The smallest absolute Gasteiger partial charge is 0.352 e. The van der Waals surface area contributed by atoms with E-state index in [4.69, 9.17) is 0 Å². The summed E-state index contributed by atoms with van der Waals surface area (Å²) in [5, 5.41) is 5.65.